The van der Waals surface area contributed by atoms with E-state index >= 15 is 0 Å². The van der Waals surface area contributed by atoms with Crippen LogP contribution in [0.3, 0.4) is 0 Å². The molecular weight excluding hydrogens is 274 g/mol. The molecule has 0 saturated carbocycles. The number of aromatic nitrogens is 1. The molecule has 0 atom stereocenters. The third-order valence-electron chi connectivity index (χ3n) is 2.17. The maximum absolute atomic E-state index is 11.1. The summed E-state index contributed by atoms with van der Waals surface area (Å²) in [6.45, 7) is 1.79. The second-order valence-corrected chi connectivity index (χ2v) is 5.59. The molecule has 17 heavy (non-hydrogen) atoms. The lowest BCUT2D eigenvalue weighted by atomic mass is 10.1. The highest BCUT2D eigenvalue weighted by Gasteiger charge is 2.17. The lowest BCUT2D eigenvalue weighted by Gasteiger charge is -2.02. The van der Waals surface area contributed by atoms with Gasteiger partial charge in [0.1, 0.15) is 0 Å². The SMILES string of the molecule is Cc1nc(C(=O)O)c(-c2ccc(S)c(S)c2)s1. The number of carboxylic acid groups (broad SMARTS) is 1. The predicted octanol–water partition coefficient (Wildman–Crippen LogP) is 3.39. The van der Waals surface area contributed by atoms with Crippen molar-refractivity contribution in [3.8, 4) is 10.4 Å². The van der Waals surface area contributed by atoms with Crippen LogP contribution in [0.2, 0.25) is 0 Å². The third-order valence-corrected chi connectivity index (χ3v) is 4.13. The van der Waals surface area contributed by atoms with Crippen LogP contribution in [0.15, 0.2) is 28.0 Å². The number of thiol groups is 2. The van der Waals surface area contributed by atoms with Crippen molar-refractivity contribution in [2.45, 2.75) is 16.7 Å². The van der Waals surface area contributed by atoms with E-state index in [-0.39, 0.29) is 5.69 Å². The maximum Gasteiger partial charge on any atom is 0.356 e. The molecule has 0 radical (unpaired) electrons. The van der Waals surface area contributed by atoms with Crippen LogP contribution in [-0.4, -0.2) is 16.1 Å². The minimum Gasteiger partial charge on any atom is -0.476 e. The van der Waals surface area contributed by atoms with Crippen molar-refractivity contribution in [1.82, 2.24) is 4.98 Å². The molecule has 0 spiro atoms. The van der Waals surface area contributed by atoms with Gasteiger partial charge in [0.2, 0.25) is 0 Å². The summed E-state index contributed by atoms with van der Waals surface area (Å²) in [6.07, 6.45) is 0. The second-order valence-electron chi connectivity index (χ2n) is 3.42. The molecule has 0 amide bonds. The Bertz CT molecular complexity index is 592. The number of hydrogen-bond donors (Lipinski definition) is 3. The van der Waals surface area contributed by atoms with Gasteiger partial charge in [-0.2, -0.15) is 0 Å². The average molecular weight is 283 g/mol. The summed E-state index contributed by atoms with van der Waals surface area (Å²) >= 11 is 9.85. The van der Waals surface area contributed by atoms with Gasteiger partial charge in [0, 0.05) is 9.79 Å². The second kappa shape index (κ2) is 4.72. The molecule has 1 aromatic carbocycles. The first-order chi connectivity index (χ1) is 7.99. The van der Waals surface area contributed by atoms with Gasteiger partial charge in [0.25, 0.3) is 0 Å². The molecule has 0 aliphatic heterocycles. The Kier molecular flexibility index (Phi) is 3.46. The molecule has 6 heteroatoms. The maximum atomic E-state index is 11.1. The fraction of sp³-hybridized carbons (Fsp3) is 0.0909. The number of hydrogen-bond acceptors (Lipinski definition) is 5. The van der Waals surface area contributed by atoms with E-state index in [0.29, 0.717) is 9.77 Å². The smallest absolute Gasteiger partial charge is 0.356 e. The van der Waals surface area contributed by atoms with Crippen molar-refractivity contribution in [3.05, 3.63) is 28.9 Å². The molecule has 1 aromatic heterocycles. The van der Waals surface area contributed by atoms with Crippen LogP contribution < -0.4 is 0 Å². The number of carbonyl (C=O) groups is 1. The summed E-state index contributed by atoms with van der Waals surface area (Å²) in [5, 5.41) is 9.80. The summed E-state index contributed by atoms with van der Waals surface area (Å²) in [5.74, 6) is -1.01. The van der Waals surface area contributed by atoms with E-state index < -0.39 is 5.97 Å². The molecule has 0 fully saturated rings. The molecule has 1 heterocycles. The first-order valence-corrected chi connectivity index (χ1v) is 6.43. The Balaban J connectivity index is 2.59. The van der Waals surface area contributed by atoms with Gasteiger partial charge in [0.05, 0.1) is 9.88 Å². The summed E-state index contributed by atoms with van der Waals surface area (Å²) in [7, 11) is 0. The summed E-state index contributed by atoms with van der Waals surface area (Å²) in [4.78, 5) is 17.2. The number of aryl methyl sites for hydroxylation is 1. The standard InChI is InChI=1S/C11H9NO2S3/c1-5-12-9(11(13)14)10(17-5)6-2-3-7(15)8(16)4-6/h2-4,15-16H,1H3,(H,13,14). The minimum absolute atomic E-state index is 0.0900. The third kappa shape index (κ3) is 2.48. The van der Waals surface area contributed by atoms with Crippen molar-refractivity contribution >= 4 is 42.6 Å². The van der Waals surface area contributed by atoms with Gasteiger partial charge in [-0.05, 0) is 24.6 Å². The van der Waals surface area contributed by atoms with Gasteiger partial charge in [0.15, 0.2) is 5.69 Å². The molecular formula is C11H9NO2S3. The largest absolute Gasteiger partial charge is 0.476 e. The highest BCUT2D eigenvalue weighted by atomic mass is 32.1. The number of thiazole rings is 1. The molecule has 0 aliphatic rings. The zero-order chi connectivity index (χ0) is 12.6. The number of aromatic carboxylic acids is 1. The van der Waals surface area contributed by atoms with Gasteiger partial charge in [-0.3, -0.25) is 0 Å². The fourth-order valence-corrected chi connectivity index (χ4v) is 2.69. The van der Waals surface area contributed by atoms with E-state index in [1.165, 1.54) is 11.3 Å². The molecule has 2 aromatic rings. The van der Waals surface area contributed by atoms with Crippen LogP contribution in [0.4, 0.5) is 0 Å². The number of rotatable bonds is 2. The van der Waals surface area contributed by atoms with E-state index in [4.69, 9.17) is 5.11 Å². The first-order valence-electron chi connectivity index (χ1n) is 4.72. The normalized spacial score (nSPS) is 10.5. The van der Waals surface area contributed by atoms with Crippen LogP contribution in [0.5, 0.6) is 0 Å². The molecule has 88 valence electrons. The molecule has 0 unspecified atom stereocenters. The van der Waals surface area contributed by atoms with Crippen molar-refractivity contribution < 1.29 is 9.90 Å². The van der Waals surface area contributed by atoms with Gasteiger partial charge in [-0.1, -0.05) is 6.07 Å². The van der Waals surface area contributed by atoms with E-state index in [1.54, 1.807) is 19.1 Å². The van der Waals surface area contributed by atoms with Crippen LogP contribution in [0.1, 0.15) is 15.5 Å². The summed E-state index contributed by atoms with van der Waals surface area (Å²) < 4.78 is 0. The Labute approximate surface area is 113 Å². The zero-order valence-electron chi connectivity index (χ0n) is 8.84. The van der Waals surface area contributed by atoms with Gasteiger partial charge in [-0.25, -0.2) is 9.78 Å². The highest BCUT2D eigenvalue weighted by molar-refractivity contribution is 7.83. The van der Waals surface area contributed by atoms with E-state index in [9.17, 15) is 4.79 Å². The average Bonchev–Trinajstić information content (AvgIpc) is 2.64. The number of benzene rings is 1. The van der Waals surface area contributed by atoms with Crippen LogP contribution in [0, 0.1) is 6.92 Å². The highest BCUT2D eigenvalue weighted by Crippen LogP contribution is 2.33. The van der Waals surface area contributed by atoms with Gasteiger partial charge >= 0.3 is 5.97 Å². The van der Waals surface area contributed by atoms with E-state index in [1.807, 2.05) is 6.07 Å². The fourth-order valence-electron chi connectivity index (χ4n) is 1.43. The zero-order valence-corrected chi connectivity index (χ0v) is 11.4. The lowest BCUT2D eigenvalue weighted by molar-refractivity contribution is 0.0692. The van der Waals surface area contributed by atoms with Gasteiger partial charge < -0.3 is 5.11 Å². The summed E-state index contributed by atoms with van der Waals surface area (Å²) in [6, 6.07) is 5.41. The Morgan fingerprint density at radius 1 is 1.35 bits per heavy atom. The van der Waals surface area contributed by atoms with Crippen molar-refractivity contribution in [2.75, 3.05) is 0 Å². The van der Waals surface area contributed by atoms with Gasteiger partial charge in [-0.15, -0.1) is 36.6 Å². The Morgan fingerprint density at radius 3 is 2.65 bits per heavy atom. The van der Waals surface area contributed by atoms with Crippen molar-refractivity contribution in [1.29, 1.82) is 0 Å². The topological polar surface area (TPSA) is 50.2 Å². The number of carboxylic acids is 1. The lowest BCUT2D eigenvalue weighted by Crippen LogP contribution is -1.98. The van der Waals surface area contributed by atoms with Crippen LogP contribution >= 0.6 is 36.6 Å². The summed E-state index contributed by atoms with van der Waals surface area (Å²) in [5.41, 5.74) is 0.892. The Hall–Kier alpha value is -0.980. The Morgan fingerprint density at radius 2 is 2.06 bits per heavy atom. The molecule has 0 saturated heterocycles. The number of nitrogens with zero attached hydrogens (tertiary/aromatic N) is 1. The molecule has 0 aliphatic carbocycles. The van der Waals surface area contributed by atoms with E-state index in [0.717, 1.165) is 15.5 Å². The first kappa shape index (κ1) is 12.5. The molecule has 1 N–H and O–H groups in total. The molecule has 3 nitrogen and oxygen atoms in total. The van der Waals surface area contributed by atoms with Crippen molar-refractivity contribution in [3.63, 3.8) is 0 Å². The van der Waals surface area contributed by atoms with Crippen molar-refractivity contribution in [2.24, 2.45) is 0 Å². The molecule has 0 bridgehead atoms. The monoisotopic (exact) mass is 283 g/mol. The van der Waals surface area contributed by atoms with E-state index in [2.05, 4.69) is 30.2 Å². The molecule has 2 rings (SSSR count). The minimum atomic E-state index is -1.01. The predicted molar refractivity (Wildman–Crippen MR) is 73.8 cm³/mol. The van der Waals surface area contributed by atoms with Crippen LogP contribution in [0.25, 0.3) is 10.4 Å². The quantitative estimate of drug-likeness (QED) is 0.740. The van der Waals surface area contributed by atoms with Crippen LogP contribution in [-0.2, 0) is 0 Å².